The Morgan fingerprint density at radius 3 is 2.45 bits per heavy atom. The minimum atomic E-state index is -0.894. The number of H-pyrrole nitrogens is 1. The molecule has 2 amide bonds. The second kappa shape index (κ2) is 6.93. The minimum absolute atomic E-state index is 0.106. The standard InChI is InChI=1S/C13H22N4O3/c1-7(2)5-10(12(18)19)6-14-13(20)15-11-8(3)16-17-9(11)4/h7,10H,5-6H2,1-4H3,(H,16,17)(H,18,19)(H2,14,15,20). The van der Waals surface area contributed by atoms with Crippen LogP contribution in [0.4, 0.5) is 10.5 Å². The first-order valence-corrected chi connectivity index (χ1v) is 6.60. The number of aryl methyl sites for hydroxylation is 2. The molecular weight excluding hydrogens is 260 g/mol. The quantitative estimate of drug-likeness (QED) is 0.639. The summed E-state index contributed by atoms with van der Waals surface area (Å²) in [6.07, 6.45) is 0.527. The molecule has 0 fully saturated rings. The Bertz CT molecular complexity index is 462. The van der Waals surface area contributed by atoms with Gasteiger partial charge in [0.2, 0.25) is 0 Å². The van der Waals surface area contributed by atoms with Crippen LogP contribution in [-0.4, -0.2) is 33.8 Å². The molecule has 1 heterocycles. The van der Waals surface area contributed by atoms with Crippen LogP contribution in [0.5, 0.6) is 0 Å². The van der Waals surface area contributed by atoms with Crippen molar-refractivity contribution in [2.75, 3.05) is 11.9 Å². The van der Waals surface area contributed by atoms with Gasteiger partial charge in [0, 0.05) is 6.54 Å². The van der Waals surface area contributed by atoms with Crippen LogP contribution in [-0.2, 0) is 4.79 Å². The van der Waals surface area contributed by atoms with Gasteiger partial charge >= 0.3 is 12.0 Å². The first-order valence-electron chi connectivity index (χ1n) is 6.60. The summed E-state index contributed by atoms with van der Waals surface area (Å²) in [5.41, 5.74) is 2.07. The van der Waals surface area contributed by atoms with Crippen molar-refractivity contribution in [2.45, 2.75) is 34.1 Å². The van der Waals surface area contributed by atoms with Gasteiger partial charge in [0.05, 0.1) is 23.0 Å². The summed E-state index contributed by atoms with van der Waals surface area (Å²) < 4.78 is 0. The van der Waals surface area contributed by atoms with E-state index in [4.69, 9.17) is 5.11 Å². The van der Waals surface area contributed by atoms with Gasteiger partial charge in [-0.1, -0.05) is 13.8 Å². The molecule has 20 heavy (non-hydrogen) atoms. The Balaban J connectivity index is 2.52. The van der Waals surface area contributed by atoms with Gasteiger partial charge in [-0.25, -0.2) is 4.79 Å². The zero-order valence-electron chi connectivity index (χ0n) is 12.3. The van der Waals surface area contributed by atoms with Crippen molar-refractivity contribution in [3.8, 4) is 0 Å². The van der Waals surface area contributed by atoms with Gasteiger partial charge < -0.3 is 15.7 Å². The highest BCUT2D eigenvalue weighted by Crippen LogP contribution is 2.16. The number of carboxylic acids is 1. The van der Waals surface area contributed by atoms with Crippen LogP contribution in [0.2, 0.25) is 0 Å². The van der Waals surface area contributed by atoms with Crippen LogP contribution >= 0.6 is 0 Å². The van der Waals surface area contributed by atoms with Crippen LogP contribution in [0.25, 0.3) is 0 Å². The zero-order valence-corrected chi connectivity index (χ0v) is 12.3. The fraction of sp³-hybridized carbons (Fsp3) is 0.615. The van der Waals surface area contributed by atoms with Gasteiger partial charge in [0.15, 0.2) is 0 Å². The smallest absolute Gasteiger partial charge is 0.319 e. The van der Waals surface area contributed by atoms with E-state index in [0.29, 0.717) is 17.8 Å². The molecule has 0 radical (unpaired) electrons. The lowest BCUT2D eigenvalue weighted by atomic mass is 9.97. The average molecular weight is 282 g/mol. The molecule has 1 aromatic rings. The van der Waals surface area contributed by atoms with E-state index in [9.17, 15) is 9.59 Å². The van der Waals surface area contributed by atoms with Crippen molar-refractivity contribution >= 4 is 17.7 Å². The topological polar surface area (TPSA) is 107 Å². The third kappa shape index (κ3) is 4.56. The van der Waals surface area contributed by atoms with Crippen molar-refractivity contribution < 1.29 is 14.7 Å². The van der Waals surface area contributed by atoms with Crippen LogP contribution < -0.4 is 10.6 Å². The fourth-order valence-electron chi connectivity index (χ4n) is 1.95. The maximum absolute atomic E-state index is 11.8. The molecule has 0 spiro atoms. The number of carbonyl (C=O) groups excluding carboxylic acids is 1. The summed E-state index contributed by atoms with van der Waals surface area (Å²) in [4.78, 5) is 22.9. The maximum Gasteiger partial charge on any atom is 0.319 e. The van der Waals surface area contributed by atoms with Gasteiger partial charge in [0.25, 0.3) is 0 Å². The van der Waals surface area contributed by atoms with Crippen molar-refractivity contribution in [3.05, 3.63) is 11.4 Å². The van der Waals surface area contributed by atoms with E-state index in [2.05, 4.69) is 20.8 Å². The average Bonchev–Trinajstić information content (AvgIpc) is 2.65. The van der Waals surface area contributed by atoms with E-state index in [0.717, 1.165) is 5.69 Å². The van der Waals surface area contributed by atoms with Crippen LogP contribution in [0, 0.1) is 25.7 Å². The third-order valence-corrected chi connectivity index (χ3v) is 2.98. The largest absolute Gasteiger partial charge is 0.481 e. The number of amides is 2. The highest BCUT2D eigenvalue weighted by atomic mass is 16.4. The Kier molecular flexibility index (Phi) is 5.54. The molecule has 0 aliphatic rings. The molecule has 112 valence electrons. The van der Waals surface area contributed by atoms with Crippen molar-refractivity contribution in [1.29, 1.82) is 0 Å². The number of hydrogen-bond donors (Lipinski definition) is 4. The van der Waals surface area contributed by atoms with E-state index in [1.54, 1.807) is 13.8 Å². The van der Waals surface area contributed by atoms with Crippen molar-refractivity contribution in [3.63, 3.8) is 0 Å². The lowest BCUT2D eigenvalue weighted by Gasteiger charge is -2.15. The Morgan fingerprint density at radius 1 is 1.35 bits per heavy atom. The normalized spacial score (nSPS) is 12.2. The Morgan fingerprint density at radius 2 is 2.00 bits per heavy atom. The molecule has 1 unspecified atom stereocenters. The molecule has 4 N–H and O–H groups in total. The van der Waals surface area contributed by atoms with E-state index >= 15 is 0 Å². The van der Waals surface area contributed by atoms with Gasteiger partial charge in [-0.15, -0.1) is 0 Å². The number of carbonyl (C=O) groups is 2. The number of urea groups is 1. The van der Waals surface area contributed by atoms with E-state index in [1.165, 1.54) is 0 Å². The summed E-state index contributed by atoms with van der Waals surface area (Å²) in [5, 5.41) is 21.1. The van der Waals surface area contributed by atoms with Crippen molar-refractivity contribution in [2.24, 2.45) is 11.8 Å². The molecule has 7 heteroatoms. The van der Waals surface area contributed by atoms with Gasteiger partial charge in [-0.2, -0.15) is 5.10 Å². The second-order valence-electron chi connectivity index (χ2n) is 5.31. The Hall–Kier alpha value is -2.05. The molecule has 7 nitrogen and oxygen atoms in total. The molecule has 1 aromatic heterocycles. The number of carboxylic acid groups (broad SMARTS) is 1. The molecular formula is C13H22N4O3. The van der Waals surface area contributed by atoms with E-state index in [-0.39, 0.29) is 12.5 Å². The lowest BCUT2D eigenvalue weighted by Crippen LogP contribution is -2.36. The molecule has 0 saturated heterocycles. The number of aliphatic carboxylic acids is 1. The van der Waals surface area contributed by atoms with E-state index in [1.807, 2.05) is 13.8 Å². The predicted octanol–water partition coefficient (Wildman–Crippen LogP) is 1.89. The number of aromatic amines is 1. The predicted molar refractivity (Wildman–Crippen MR) is 75.7 cm³/mol. The molecule has 0 aromatic carbocycles. The van der Waals surface area contributed by atoms with E-state index < -0.39 is 17.9 Å². The second-order valence-corrected chi connectivity index (χ2v) is 5.31. The maximum atomic E-state index is 11.8. The van der Waals surface area contributed by atoms with Crippen molar-refractivity contribution in [1.82, 2.24) is 15.5 Å². The summed E-state index contributed by atoms with van der Waals surface area (Å²) in [6, 6.07) is -0.424. The highest BCUT2D eigenvalue weighted by molar-refractivity contribution is 5.90. The number of nitrogens with zero attached hydrogens (tertiary/aromatic N) is 1. The molecule has 0 aliphatic carbocycles. The lowest BCUT2D eigenvalue weighted by molar-refractivity contribution is -0.142. The molecule has 0 saturated carbocycles. The minimum Gasteiger partial charge on any atom is -0.481 e. The Labute approximate surface area is 118 Å². The first-order chi connectivity index (χ1) is 9.31. The summed E-state index contributed by atoms with van der Waals surface area (Å²) in [7, 11) is 0. The summed E-state index contributed by atoms with van der Waals surface area (Å²) in [5.74, 6) is -1.21. The van der Waals surface area contributed by atoms with Crippen LogP contribution in [0.15, 0.2) is 0 Å². The molecule has 0 aliphatic heterocycles. The van der Waals surface area contributed by atoms with Crippen LogP contribution in [0.3, 0.4) is 0 Å². The van der Waals surface area contributed by atoms with Gasteiger partial charge in [-0.05, 0) is 26.2 Å². The first kappa shape index (κ1) is 16.0. The highest BCUT2D eigenvalue weighted by Gasteiger charge is 2.20. The zero-order chi connectivity index (χ0) is 15.3. The van der Waals surface area contributed by atoms with Crippen LogP contribution in [0.1, 0.15) is 31.7 Å². The summed E-state index contributed by atoms with van der Waals surface area (Å²) >= 11 is 0. The SMILES string of the molecule is Cc1n[nH]c(C)c1NC(=O)NCC(CC(C)C)C(=O)O. The molecule has 1 atom stereocenters. The number of rotatable bonds is 6. The summed E-state index contributed by atoms with van der Waals surface area (Å²) in [6.45, 7) is 7.59. The molecule has 0 bridgehead atoms. The number of anilines is 1. The molecule has 1 rings (SSSR count). The third-order valence-electron chi connectivity index (χ3n) is 2.98. The fourth-order valence-corrected chi connectivity index (χ4v) is 1.95. The van der Waals surface area contributed by atoms with Gasteiger partial charge in [-0.3, -0.25) is 9.89 Å². The number of nitrogens with one attached hydrogen (secondary N) is 3. The monoisotopic (exact) mass is 282 g/mol. The van der Waals surface area contributed by atoms with Gasteiger partial charge in [0.1, 0.15) is 0 Å². The number of hydrogen-bond acceptors (Lipinski definition) is 3. The number of aromatic nitrogens is 2.